The molecular weight excluding hydrogens is 460 g/mol. The predicted octanol–water partition coefficient (Wildman–Crippen LogP) is 0.704. The number of anilines is 2. The topological polar surface area (TPSA) is 131 Å². The number of amides is 4. The molecule has 2 aliphatic heterocycles. The quantitative estimate of drug-likeness (QED) is 0.224. The Hall–Kier alpha value is -4.09. The van der Waals surface area contributed by atoms with Gasteiger partial charge in [0, 0.05) is 26.7 Å². The Bertz CT molecular complexity index is 1140. The number of carbonyl (C=O) groups excluding carboxylic acids is 3. The van der Waals surface area contributed by atoms with Gasteiger partial charge in [0.05, 0.1) is 24.5 Å². The molecule has 2 saturated heterocycles. The van der Waals surface area contributed by atoms with Crippen molar-refractivity contribution in [3.63, 3.8) is 0 Å². The lowest BCUT2D eigenvalue weighted by Gasteiger charge is -2.52. The molecule has 36 heavy (non-hydrogen) atoms. The molecule has 2 aliphatic rings. The van der Waals surface area contributed by atoms with Gasteiger partial charge in [0.25, 0.3) is 0 Å². The van der Waals surface area contributed by atoms with E-state index in [9.17, 15) is 14.4 Å². The van der Waals surface area contributed by atoms with Gasteiger partial charge in [-0.1, -0.05) is 42.5 Å². The minimum Gasteiger partial charge on any atom is -0.397 e. The van der Waals surface area contributed by atoms with Crippen molar-refractivity contribution in [2.24, 2.45) is 5.84 Å². The minimum absolute atomic E-state index is 0.0147. The van der Waals surface area contributed by atoms with Gasteiger partial charge < -0.3 is 25.9 Å². The van der Waals surface area contributed by atoms with Crippen LogP contribution in [0.5, 0.6) is 0 Å². The van der Waals surface area contributed by atoms with Crippen LogP contribution >= 0.6 is 0 Å². The molecule has 11 heteroatoms. The molecule has 4 rings (SSSR count). The molecule has 0 spiro atoms. The maximum absolute atomic E-state index is 13.4. The molecule has 0 aliphatic carbocycles. The molecule has 0 unspecified atom stereocenters. The number of fused-ring (bicyclic) bond motifs is 1. The van der Waals surface area contributed by atoms with Crippen LogP contribution in [-0.2, 0) is 22.7 Å². The van der Waals surface area contributed by atoms with Gasteiger partial charge in [-0.15, -0.1) is 6.58 Å². The van der Waals surface area contributed by atoms with Crippen LogP contribution in [0.1, 0.15) is 11.1 Å². The first-order chi connectivity index (χ1) is 17.3. The largest absolute Gasteiger partial charge is 0.397 e. The minimum atomic E-state index is -0.647. The maximum atomic E-state index is 13.4. The molecule has 0 aromatic heterocycles. The van der Waals surface area contributed by atoms with Crippen molar-refractivity contribution >= 4 is 29.2 Å². The van der Waals surface area contributed by atoms with Crippen molar-refractivity contribution in [3.05, 3.63) is 72.3 Å². The van der Waals surface area contributed by atoms with Crippen molar-refractivity contribution in [1.29, 1.82) is 0 Å². The zero-order valence-corrected chi connectivity index (χ0v) is 20.3. The molecule has 2 fully saturated rings. The summed E-state index contributed by atoms with van der Waals surface area (Å²) in [6, 6.07) is 14.6. The van der Waals surface area contributed by atoms with Gasteiger partial charge >= 0.3 is 6.03 Å². The summed E-state index contributed by atoms with van der Waals surface area (Å²) in [5.41, 5.74) is 9.08. The second-order valence-electron chi connectivity index (χ2n) is 8.91. The number of nitrogen functional groups attached to an aromatic ring is 1. The Kier molecular flexibility index (Phi) is 7.41. The zero-order chi connectivity index (χ0) is 25.8. The second-order valence-corrected chi connectivity index (χ2v) is 8.91. The highest BCUT2D eigenvalue weighted by Gasteiger charge is 2.46. The van der Waals surface area contributed by atoms with Crippen LogP contribution < -0.4 is 21.9 Å². The first-order valence-electron chi connectivity index (χ1n) is 11.7. The van der Waals surface area contributed by atoms with E-state index >= 15 is 0 Å². The average Bonchev–Trinajstić information content (AvgIpc) is 2.84. The smallest absolute Gasteiger partial charge is 0.334 e. The van der Waals surface area contributed by atoms with Crippen LogP contribution in [0.4, 0.5) is 16.2 Å². The van der Waals surface area contributed by atoms with Crippen LogP contribution in [0.3, 0.4) is 0 Å². The fourth-order valence-corrected chi connectivity index (χ4v) is 4.54. The van der Waals surface area contributed by atoms with Gasteiger partial charge in [0.1, 0.15) is 12.7 Å². The Labute approximate surface area is 210 Å². The standard InChI is InChI=1S/C25H32N8O3/c1-3-11-31-16-24(35)32-17-23(34)30(14-19-9-10-21(29(2)27)20(26)12-19)15-22(32)33(31)25(36)28-13-18-7-5-4-6-8-18/h3-10,12,22H,1,11,13-17,26-27H2,2H3,(H,28,36)/t22-/m0/s1. The predicted molar refractivity (Wildman–Crippen MR) is 137 cm³/mol. The lowest BCUT2D eigenvalue weighted by molar-refractivity contribution is -0.180. The summed E-state index contributed by atoms with van der Waals surface area (Å²) in [4.78, 5) is 42.4. The van der Waals surface area contributed by atoms with Gasteiger partial charge in [0.2, 0.25) is 11.8 Å². The summed E-state index contributed by atoms with van der Waals surface area (Å²) in [5.74, 6) is 5.40. The maximum Gasteiger partial charge on any atom is 0.334 e. The number of piperazine rings is 1. The monoisotopic (exact) mass is 492 g/mol. The number of hydrazine groups is 2. The summed E-state index contributed by atoms with van der Waals surface area (Å²) in [7, 11) is 1.70. The van der Waals surface area contributed by atoms with Crippen LogP contribution in [0, 0.1) is 0 Å². The number of nitrogens with one attached hydrogen (secondary N) is 1. The van der Waals surface area contributed by atoms with Crippen molar-refractivity contribution in [2.75, 3.05) is 44.0 Å². The van der Waals surface area contributed by atoms with Crippen LogP contribution in [-0.4, -0.2) is 77.1 Å². The Balaban J connectivity index is 1.55. The van der Waals surface area contributed by atoms with Crippen LogP contribution in [0.15, 0.2) is 61.2 Å². The summed E-state index contributed by atoms with van der Waals surface area (Å²) in [5, 5.41) is 7.56. The van der Waals surface area contributed by atoms with Crippen molar-refractivity contribution in [2.45, 2.75) is 19.3 Å². The fourth-order valence-electron chi connectivity index (χ4n) is 4.54. The number of hydrogen-bond acceptors (Lipinski definition) is 7. The van der Waals surface area contributed by atoms with E-state index in [2.05, 4.69) is 11.9 Å². The zero-order valence-electron chi connectivity index (χ0n) is 20.3. The molecule has 0 bridgehead atoms. The van der Waals surface area contributed by atoms with Gasteiger partial charge in [-0.05, 0) is 23.3 Å². The molecule has 5 N–H and O–H groups in total. The fraction of sp³-hybridized carbons (Fsp3) is 0.320. The normalized spacial score (nSPS) is 18.2. The Morgan fingerprint density at radius 1 is 1.14 bits per heavy atom. The Morgan fingerprint density at radius 3 is 2.56 bits per heavy atom. The van der Waals surface area contributed by atoms with E-state index in [0.717, 1.165) is 11.1 Å². The van der Waals surface area contributed by atoms with Gasteiger partial charge in [0.15, 0.2) is 0 Å². The molecule has 190 valence electrons. The molecule has 2 heterocycles. The lowest BCUT2D eigenvalue weighted by atomic mass is 10.1. The molecule has 4 amide bonds. The van der Waals surface area contributed by atoms with Crippen LogP contribution in [0.2, 0.25) is 0 Å². The van der Waals surface area contributed by atoms with E-state index in [-0.39, 0.29) is 44.0 Å². The van der Waals surface area contributed by atoms with Crippen molar-refractivity contribution in [3.8, 4) is 0 Å². The number of benzene rings is 2. The SMILES string of the molecule is C=CCN1CC(=O)N2CC(=O)N(Cc3ccc(N(C)N)c(N)c3)C[C@@H]2N1C(=O)NCc1ccccc1. The third-order valence-corrected chi connectivity index (χ3v) is 6.31. The van der Waals surface area contributed by atoms with Crippen LogP contribution in [0.25, 0.3) is 0 Å². The first-order valence-corrected chi connectivity index (χ1v) is 11.7. The van der Waals surface area contributed by atoms with E-state index in [4.69, 9.17) is 11.6 Å². The summed E-state index contributed by atoms with van der Waals surface area (Å²) < 4.78 is 0. The third kappa shape index (κ3) is 5.26. The molecule has 0 saturated carbocycles. The van der Waals surface area contributed by atoms with Crippen molar-refractivity contribution < 1.29 is 14.4 Å². The third-order valence-electron chi connectivity index (χ3n) is 6.31. The highest BCUT2D eigenvalue weighted by molar-refractivity contribution is 5.89. The highest BCUT2D eigenvalue weighted by atomic mass is 16.2. The molecule has 2 aromatic rings. The number of rotatable bonds is 7. The van der Waals surface area contributed by atoms with Gasteiger partial charge in [-0.3, -0.25) is 9.59 Å². The summed E-state index contributed by atoms with van der Waals surface area (Å²) in [6.07, 6.45) is 0.997. The number of carbonyl (C=O) groups is 3. The number of urea groups is 1. The first kappa shape index (κ1) is 25.0. The second kappa shape index (κ2) is 10.7. The summed E-state index contributed by atoms with van der Waals surface area (Å²) >= 11 is 0. The van der Waals surface area contributed by atoms with E-state index in [1.165, 1.54) is 14.9 Å². The highest BCUT2D eigenvalue weighted by Crippen LogP contribution is 2.26. The molecule has 0 radical (unpaired) electrons. The molecule has 1 atom stereocenters. The molecular formula is C25H32N8O3. The van der Waals surface area contributed by atoms with Gasteiger partial charge in [-0.2, -0.15) is 0 Å². The number of hydrogen-bond donors (Lipinski definition) is 3. The number of nitrogens with zero attached hydrogens (tertiary/aromatic N) is 5. The van der Waals surface area contributed by atoms with E-state index in [1.54, 1.807) is 35.2 Å². The average molecular weight is 493 g/mol. The Morgan fingerprint density at radius 2 is 1.89 bits per heavy atom. The van der Waals surface area contributed by atoms with E-state index in [1.807, 2.05) is 36.4 Å². The molecule has 11 nitrogen and oxygen atoms in total. The number of nitrogens with two attached hydrogens (primary N) is 2. The van der Waals surface area contributed by atoms with Crippen molar-refractivity contribution in [1.82, 2.24) is 25.1 Å². The molecule has 2 aromatic carbocycles. The summed E-state index contributed by atoms with van der Waals surface area (Å²) in [6.45, 7) is 4.75. The van der Waals surface area contributed by atoms with E-state index < -0.39 is 6.17 Å². The van der Waals surface area contributed by atoms with Gasteiger partial charge in [-0.25, -0.2) is 20.7 Å². The van der Waals surface area contributed by atoms with E-state index in [0.29, 0.717) is 24.5 Å². The lowest BCUT2D eigenvalue weighted by Crippen LogP contribution is -2.73.